The molecule has 2 aromatic heterocycles. The highest BCUT2D eigenvalue weighted by Gasteiger charge is 2.21. The first-order valence-corrected chi connectivity index (χ1v) is 13.1. The van der Waals surface area contributed by atoms with Gasteiger partial charge in [-0.2, -0.15) is 5.10 Å². The van der Waals surface area contributed by atoms with Gasteiger partial charge in [-0.15, -0.1) is 0 Å². The van der Waals surface area contributed by atoms with Gasteiger partial charge in [-0.3, -0.25) is 0 Å². The topological polar surface area (TPSA) is 35.6 Å². The summed E-state index contributed by atoms with van der Waals surface area (Å²) in [5, 5.41) is 5.04. The van der Waals surface area contributed by atoms with E-state index in [-0.39, 0.29) is 0 Å². The van der Waals surface area contributed by atoms with E-state index in [4.69, 9.17) is 10.1 Å². The van der Waals surface area contributed by atoms with Crippen molar-refractivity contribution in [1.29, 1.82) is 0 Å². The van der Waals surface area contributed by atoms with Gasteiger partial charge in [0.1, 0.15) is 11.5 Å². The molecule has 0 unspecified atom stereocenters. The minimum Gasteiger partial charge on any atom is -0.319 e. The SMILES string of the molecule is Brc1ccc(-c2nn(-c3ccccc3)cc2-c2nc3ccccc3n2Cc2cccc(I)c2)cc1. The number of fused-ring (bicyclic) bond motifs is 1. The van der Waals surface area contributed by atoms with Gasteiger partial charge in [0.05, 0.1) is 22.3 Å². The van der Waals surface area contributed by atoms with E-state index in [0.717, 1.165) is 50.4 Å². The Bertz CT molecular complexity index is 1640. The molecule has 2 heterocycles. The number of aromatic nitrogens is 4. The molecular formula is C29H20BrIN4. The van der Waals surface area contributed by atoms with Crippen molar-refractivity contribution in [3.63, 3.8) is 0 Å². The number of rotatable bonds is 5. The number of benzene rings is 4. The maximum absolute atomic E-state index is 5.11. The Morgan fingerprint density at radius 3 is 2.37 bits per heavy atom. The predicted molar refractivity (Wildman–Crippen MR) is 154 cm³/mol. The van der Waals surface area contributed by atoms with Gasteiger partial charge < -0.3 is 4.57 Å². The number of para-hydroxylation sites is 3. The maximum atomic E-state index is 5.11. The molecule has 6 aromatic rings. The van der Waals surface area contributed by atoms with Gasteiger partial charge in [0.2, 0.25) is 0 Å². The Morgan fingerprint density at radius 2 is 1.57 bits per heavy atom. The summed E-state index contributed by atoms with van der Waals surface area (Å²) in [4.78, 5) is 5.11. The van der Waals surface area contributed by atoms with Crippen LogP contribution in [0.1, 0.15) is 5.56 Å². The average Bonchev–Trinajstić information content (AvgIpc) is 3.47. The van der Waals surface area contributed by atoms with Crippen LogP contribution in [0.5, 0.6) is 0 Å². The number of halogens is 2. The van der Waals surface area contributed by atoms with Crippen LogP contribution in [0.2, 0.25) is 0 Å². The lowest BCUT2D eigenvalue weighted by molar-refractivity contribution is 0.833. The van der Waals surface area contributed by atoms with E-state index in [1.165, 1.54) is 9.13 Å². The molecule has 35 heavy (non-hydrogen) atoms. The first-order valence-electron chi connectivity index (χ1n) is 11.3. The molecule has 0 radical (unpaired) electrons. The van der Waals surface area contributed by atoms with Gasteiger partial charge in [0.15, 0.2) is 0 Å². The zero-order valence-corrected chi connectivity index (χ0v) is 22.4. The molecule has 6 rings (SSSR count). The van der Waals surface area contributed by atoms with Gasteiger partial charge in [-0.05, 0) is 76.7 Å². The van der Waals surface area contributed by atoms with Crippen molar-refractivity contribution in [3.8, 4) is 28.3 Å². The second kappa shape index (κ2) is 9.43. The van der Waals surface area contributed by atoms with E-state index in [1.54, 1.807) is 0 Å². The van der Waals surface area contributed by atoms with Gasteiger partial charge >= 0.3 is 0 Å². The molecule has 6 heteroatoms. The Kier molecular flexibility index (Phi) is 6.00. The highest BCUT2D eigenvalue weighted by molar-refractivity contribution is 14.1. The minimum atomic E-state index is 0.725. The number of imidazole rings is 1. The predicted octanol–water partition coefficient (Wildman–Crippen LogP) is 7.97. The van der Waals surface area contributed by atoms with Crippen molar-refractivity contribution in [2.75, 3.05) is 0 Å². The van der Waals surface area contributed by atoms with E-state index in [9.17, 15) is 0 Å². The van der Waals surface area contributed by atoms with Gasteiger partial charge in [-0.1, -0.05) is 70.5 Å². The maximum Gasteiger partial charge on any atom is 0.145 e. The van der Waals surface area contributed by atoms with Crippen molar-refractivity contribution in [2.45, 2.75) is 6.54 Å². The largest absolute Gasteiger partial charge is 0.319 e. The third kappa shape index (κ3) is 4.44. The van der Waals surface area contributed by atoms with Crippen LogP contribution < -0.4 is 0 Å². The number of hydrogen-bond donors (Lipinski definition) is 0. The molecule has 0 bridgehead atoms. The average molecular weight is 631 g/mol. The zero-order valence-electron chi connectivity index (χ0n) is 18.6. The van der Waals surface area contributed by atoms with Crippen molar-refractivity contribution in [1.82, 2.24) is 19.3 Å². The molecule has 0 aliphatic rings. The lowest BCUT2D eigenvalue weighted by atomic mass is 10.1. The van der Waals surface area contributed by atoms with Crippen molar-refractivity contribution in [3.05, 3.63) is 123 Å². The Labute approximate surface area is 225 Å². The molecular weight excluding hydrogens is 611 g/mol. The van der Waals surface area contributed by atoms with Crippen LogP contribution in [0.4, 0.5) is 0 Å². The van der Waals surface area contributed by atoms with Crippen molar-refractivity contribution >= 4 is 49.6 Å². The van der Waals surface area contributed by atoms with Crippen LogP contribution >= 0.6 is 38.5 Å². The molecule has 4 aromatic carbocycles. The molecule has 4 nitrogen and oxygen atoms in total. The third-order valence-electron chi connectivity index (χ3n) is 5.98. The molecule has 0 aliphatic heterocycles. The van der Waals surface area contributed by atoms with Crippen LogP contribution in [-0.2, 0) is 6.54 Å². The van der Waals surface area contributed by atoms with E-state index >= 15 is 0 Å². The summed E-state index contributed by atoms with van der Waals surface area (Å²) in [5.41, 5.74) is 7.28. The molecule has 0 fully saturated rings. The van der Waals surface area contributed by atoms with Crippen LogP contribution in [0.15, 0.2) is 114 Å². The second-order valence-corrected chi connectivity index (χ2v) is 10.5. The van der Waals surface area contributed by atoms with E-state index in [2.05, 4.69) is 128 Å². The summed E-state index contributed by atoms with van der Waals surface area (Å²) in [6.45, 7) is 0.725. The summed E-state index contributed by atoms with van der Waals surface area (Å²) in [6, 6.07) is 35.4. The molecule has 0 saturated carbocycles. The molecule has 0 amide bonds. The first-order chi connectivity index (χ1) is 17.2. The van der Waals surface area contributed by atoms with E-state index in [0.29, 0.717) is 0 Å². The third-order valence-corrected chi connectivity index (χ3v) is 7.18. The van der Waals surface area contributed by atoms with Gasteiger partial charge in [0.25, 0.3) is 0 Å². The van der Waals surface area contributed by atoms with Crippen LogP contribution in [0, 0.1) is 3.57 Å². The monoisotopic (exact) mass is 630 g/mol. The smallest absolute Gasteiger partial charge is 0.145 e. The summed E-state index contributed by atoms with van der Waals surface area (Å²) >= 11 is 5.93. The quantitative estimate of drug-likeness (QED) is 0.181. The van der Waals surface area contributed by atoms with Gasteiger partial charge in [-0.25, -0.2) is 9.67 Å². The lowest BCUT2D eigenvalue weighted by Gasteiger charge is -2.10. The van der Waals surface area contributed by atoms with Crippen molar-refractivity contribution in [2.24, 2.45) is 0 Å². The number of hydrogen-bond acceptors (Lipinski definition) is 2. The minimum absolute atomic E-state index is 0.725. The first kappa shape index (κ1) is 22.2. The molecule has 0 aliphatic carbocycles. The molecule has 170 valence electrons. The van der Waals surface area contributed by atoms with Crippen molar-refractivity contribution < 1.29 is 0 Å². The Hall–Kier alpha value is -3.23. The van der Waals surface area contributed by atoms with Crippen LogP contribution in [0.25, 0.3) is 39.4 Å². The second-order valence-electron chi connectivity index (χ2n) is 8.32. The van der Waals surface area contributed by atoms with E-state index < -0.39 is 0 Å². The summed E-state index contributed by atoms with van der Waals surface area (Å²) in [7, 11) is 0. The number of nitrogens with zero attached hydrogens (tertiary/aromatic N) is 4. The molecule has 0 saturated heterocycles. The fourth-order valence-corrected chi connectivity index (χ4v) is 5.20. The fraction of sp³-hybridized carbons (Fsp3) is 0.0345. The normalized spacial score (nSPS) is 11.3. The molecule has 0 atom stereocenters. The standard InChI is InChI=1S/C29H20BrIN4/c30-22-15-13-21(14-16-22)28-25(19-35(33-28)24-9-2-1-3-10-24)29-32-26-11-4-5-12-27(26)34(29)18-20-7-6-8-23(31)17-20/h1-17,19H,18H2. The van der Waals surface area contributed by atoms with Crippen LogP contribution in [0.3, 0.4) is 0 Å². The van der Waals surface area contributed by atoms with Crippen LogP contribution in [-0.4, -0.2) is 19.3 Å². The van der Waals surface area contributed by atoms with Gasteiger partial charge in [0, 0.05) is 26.3 Å². The summed E-state index contributed by atoms with van der Waals surface area (Å²) < 4.78 is 6.51. The highest BCUT2D eigenvalue weighted by atomic mass is 127. The lowest BCUT2D eigenvalue weighted by Crippen LogP contribution is -2.03. The summed E-state index contributed by atoms with van der Waals surface area (Å²) in [5.74, 6) is 0.908. The molecule has 0 spiro atoms. The zero-order chi connectivity index (χ0) is 23.8. The molecule has 0 N–H and O–H groups in total. The fourth-order valence-electron chi connectivity index (χ4n) is 4.33. The Balaban J connectivity index is 1.59. The summed E-state index contributed by atoms with van der Waals surface area (Å²) in [6.07, 6.45) is 2.10. The highest BCUT2D eigenvalue weighted by Crippen LogP contribution is 2.34. The van der Waals surface area contributed by atoms with E-state index in [1.807, 2.05) is 28.9 Å². The Morgan fingerprint density at radius 1 is 0.800 bits per heavy atom.